The van der Waals surface area contributed by atoms with Gasteiger partial charge in [0.25, 0.3) is 5.91 Å². The topological polar surface area (TPSA) is 115 Å². The van der Waals surface area contributed by atoms with Gasteiger partial charge in [-0.3, -0.25) is 14.9 Å². The summed E-state index contributed by atoms with van der Waals surface area (Å²) < 4.78 is 5.60. The van der Waals surface area contributed by atoms with Crippen molar-refractivity contribution in [2.24, 2.45) is 11.7 Å². The lowest BCUT2D eigenvalue weighted by molar-refractivity contribution is -0.121. The summed E-state index contributed by atoms with van der Waals surface area (Å²) in [5.41, 5.74) is 5.14. The monoisotopic (exact) mass is 335 g/mol. The smallest absolute Gasteiger partial charge is 0.280 e. The van der Waals surface area contributed by atoms with Gasteiger partial charge in [0.1, 0.15) is 5.75 Å². The first kappa shape index (κ1) is 18.2. The van der Waals surface area contributed by atoms with Gasteiger partial charge in [0, 0.05) is 6.07 Å². The fourth-order valence-electron chi connectivity index (χ4n) is 2.77. The molecule has 1 aromatic heterocycles. The number of ether oxygens (including phenoxy) is 1. The molecular formula is C17H25N3O4. The van der Waals surface area contributed by atoms with Crippen molar-refractivity contribution >= 4 is 11.8 Å². The first-order valence-electron chi connectivity index (χ1n) is 8.41. The average Bonchev–Trinajstić information content (AvgIpc) is 2.57. The van der Waals surface area contributed by atoms with E-state index >= 15 is 0 Å². The minimum atomic E-state index is -0.828. The Morgan fingerprint density at radius 3 is 2.75 bits per heavy atom. The molecule has 0 radical (unpaired) electrons. The second kappa shape index (κ2) is 8.63. The van der Waals surface area contributed by atoms with E-state index in [-0.39, 0.29) is 17.3 Å². The van der Waals surface area contributed by atoms with Gasteiger partial charge >= 0.3 is 0 Å². The van der Waals surface area contributed by atoms with Crippen LogP contribution in [-0.2, 0) is 4.79 Å². The molecule has 24 heavy (non-hydrogen) atoms. The lowest BCUT2D eigenvalue weighted by Gasteiger charge is -2.21. The number of rotatable bonds is 6. The molecule has 2 amide bonds. The Hall–Kier alpha value is -2.15. The Morgan fingerprint density at radius 2 is 2.08 bits per heavy atom. The van der Waals surface area contributed by atoms with Crippen LogP contribution in [0, 0.1) is 5.92 Å². The van der Waals surface area contributed by atoms with E-state index < -0.39 is 17.9 Å². The molecule has 7 nitrogen and oxygen atoms in total. The highest BCUT2D eigenvalue weighted by Crippen LogP contribution is 2.26. The number of nitrogens with zero attached hydrogens (tertiary/aromatic N) is 1. The SMILES string of the molecule is C[C@H](N)C(=O)NC(=O)c1nc(OCCC2CCCCC2)ccc1O. The summed E-state index contributed by atoms with van der Waals surface area (Å²) in [6, 6.07) is 2.00. The highest BCUT2D eigenvalue weighted by atomic mass is 16.5. The van der Waals surface area contributed by atoms with Crippen molar-refractivity contribution in [1.82, 2.24) is 10.3 Å². The van der Waals surface area contributed by atoms with E-state index in [1.165, 1.54) is 51.2 Å². The molecule has 2 rings (SSSR count). The van der Waals surface area contributed by atoms with Crippen molar-refractivity contribution in [2.75, 3.05) is 6.61 Å². The van der Waals surface area contributed by atoms with Crippen LogP contribution in [-0.4, -0.2) is 34.6 Å². The van der Waals surface area contributed by atoms with Gasteiger partial charge in [-0.05, 0) is 25.3 Å². The second-order valence-corrected chi connectivity index (χ2v) is 6.27. The van der Waals surface area contributed by atoms with Crippen LogP contribution < -0.4 is 15.8 Å². The van der Waals surface area contributed by atoms with Crippen LogP contribution in [0.15, 0.2) is 12.1 Å². The zero-order valence-electron chi connectivity index (χ0n) is 14.0. The van der Waals surface area contributed by atoms with Crippen molar-refractivity contribution in [1.29, 1.82) is 0 Å². The number of aromatic hydroxyl groups is 1. The average molecular weight is 335 g/mol. The summed E-state index contributed by atoms with van der Waals surface area (Å²) in [5, 5.41) is 11.9. The Morgan fingerprint density at radius 1 is 1.38 bits per heavy atom. The summed E-state index contributed by atoms with van der Waals surface area (Å²) in [7, 11) is 0. The van der Waals surface area contributed by atoms with Gasteiger partial charge in [-0.2, -0.15) is 0 Å². The number of hydrogen-bond acceptors (Lipinski definition) is 6. The number of imide groups is 1. The predicted molar refractivity (Wildman–Crippen MR) is 88.7 cm³/mol. The van der Waals surface area contributed by atoms with Gasteiger partial charge < -0.3 is 15.6 Å². The predicted octanol–water partition coefficient (Wildman–Crippen LogP) is 1.74. The Bertz CT molecular complexity index is 583. The molecule has 0 unspecified atom stereocenters. The zero-order valence-corrected chi connectivity index (χ0v) is 14.0. The number of amides is 2. The van der Waals surface area contributed by atoms with Gasteiger partial charge in [-0.1, -0.05) is 32.1 Å². The molecule has 1 atom stereocenters. The number of aromatic nitrogens is 1. The molecule has 0 bridgehead atoms. The third-order valence-corrected chi connectivity index (χ3v) is 4.21. The number of nitrogens with one attached hydrogen (secondary N) is 1. The molecule has 0 spiro atoms. The van der Waals surface area contributed by atoms with Crippen LogP contribution in [0.1, 0.15) is 55.9 Å². The number of carbonyl (C=O) groups excluding carboxylic acids is 2. The lowest BCUT2D eigenvalue weighted by Crippen LogP contribution is -2.41. The number of pyridine rings is 1. The molecular weight excluding hydrogens is 310 g/mol. The molecule has 0 aromatic carbocycles. The third kappa shape index (κ3) is 5.19. The first-order valence-corrected chi connectivity index (χ1v) is 8.41. The summed E-state index contributed by atoms with van der Waals surface area (Å²) in [6.07, 6.45) is 7.29. The Labute approximate surface area is 141 Å². The fraction of sp³-hybridized carbons (Fsp3) is 0.588. The van der Waals surface area contributed by atoms with Crippen LogP contribution in [0.5, 0.6) is 11.6 Å². The lowest BCUT2D eigenvalue weighted by atomic mass is 9.87. The fourth-order valence-corrected chi connectivity index (χ4v) is 2.77. The highest BCUT2D eigenvalue weighted by Gasteiger charge is 2.19. The molecule has 1 heterocycles. The van der Waals surface area contributed by atoms with Gasteiger partial charge in [-0.15, -0.1) is 0 Å². The maximum atomic E-state index is 12.0. The Kier molecular flexibility index (Phi) is 6.54. The van der Waals surface area contributed by atoms with Crippen LogP contribution >= 0.6 is 0 Å². The van der Waals surface area contributed by atoms with E-state index in [2.05, 4.69) is 10.3 Å². The highest BCUT2D eigenvalue weighted by molar-refractivity contribution is 6.06. The van der Waals surface area contributed by atoms with Gasteiger partial charge in [0.2, 0.25) is 11.8 Å². The van der Waals surface area contributed by atoms with E-state index in [0.29, 0.717) is 12.5 Å². The summed E-state index contributed by atoms with van der Waals surface area (Å²) in [5.74, 6) is -0.814. The minimum Gasteiger partial charge on any atom is -0.505 e. The maximum Gasteiger partial charge on any atom is 0.280 e. The third-order valence-electron chi connectivity index (χ3n) is 4.21. The normalized spacial score (nSPS) is 16.4. The summed E-state index contributed by atoms with van der Waals surface area (Å²) >= 11 is 0. The van der Waals surface area contributed by atoms with Crippen molar-refractivity contribution < 1.29 is 19.4 Å². The van der Waals surface area contributed by atoms with Crippen molar-refractivity contribution in [3.63, 3.8) is 0 Å². The molecule has 1 fully saturated rings. The van der Waals surface area contributed by atoms with Crippen LogP contribution in [0.2, 0.25) is 0 Å². The van der Waals surface area contributed by atoms with Crippen LogP contribution in [0.4, 0.5) is 0 Å². The van der Waals surface area contributed by atoms with Gasteiger partial charge in [-0.25, -0.2) is 4.98 Å². The molecule has 1 aliphatic carbocycles. The molecule has 1 aromatic rings. The largest absolute Gasteiger partial charge is 0.505 e. The van der Waals surface area contributed by atoms with E-state index in [0.717, 1.165) is 6.42 Å². The molecule has 0 aliphatic heterocycles. The molecule has 132 valence electrons. The van der Waals surface area contributed by atoms with Gasteiger partial charge in [0.15, 0.2) is 5.69 Å². The van der Waals surface area contributed by atoms with E-state index in [1.807, 2.05) is 0 Å². The van der Waals surface area contributed by atoms with E-state index in [4.69, 9.17) is 10.5 Å². The molecule has 1 saturated carbocycles. The van der Waals surface area contributed by atoms with Gasteiger partial charge in [0.05, 0.1) is 12.6 Å². The number of carbonyl (C=O) groups is 2. The number of nitrogens with two attached hydrogens (primary N) is 1. The van der Waals surface area contributed by atoms with E-state index in [9.17, 15) is 14.7 Å². The Balaban J connectivity index is 1.92. The van der Waals surface area contributed by atoms with Crippen LogP contribution in [0.25, 0.3) is 0 Å². The molecule has 1 aliphatic rings. The maximum absolute atomic E-state index is 12.0. The summed E-state index contributed by atoms with van der Waals surface area (Å²) in [6.45, 7) is 1.98. The first-order chi connectivity index (χ1) is 11.5. The van der Waals surface area contributed by atoms with Crippen LogP contribution in [0.3, 0.4) is 0 Å². The molecule has 4 N–H and O–H groups in total. The van der Waals surface area contributed by atoms with E-state index in [1.54, 1.807) is 0 Å². The zero-order chi connectivity index (χ0) is 17.5. The van der Waals surface area contributed by atoms with Crippen molar-refractivity contribution in [3.05, 3.63) is 17.8 Å². The summed E-state index contributed by atoms with van der Waals surface area (Å²) in [4.78, 5) is 27.5. The second-order valence-electron chi connectivity index (χ2n) is 6.27. The van der Waals surface area contributed by atoms with Crippen molar-refractivity contribution in [2.45, 2.75) is 51.5 Å². The number of hydrogen-bond donors (Lipinski definition) is 3. The van der Waals surface area contributed by atoms with Crippen molar-refractivity contribution in [3.8, 4) is 11.6 Å². The molecule has 7 heteroatoms. The standard InChI is InChI=1S/C17H25N3O4/c1-11(18)16(22)20-17(23)15-13(21)7-8-14(19-15)24-10-9-12-5-3-2-4-6-12/h7-8,11-12,21H,2-6,9-10,18H2,1H3,(H,20,22,23)/t11-/m0/s1. The quantitative estimate of drug-likeness (QED) is 0.729. The molecule has 0 saturated heterocycles. The minimum absolute atomic E-state index is 0.251.